The standard InChI is InChI=1S/C23H23ClFN7O2/c1-14-3-2-8-32(13-29-14)21-12-26-19(11-28-21)23(34)30-18-6-5-16(25)9-17(18)22(33)31-20-7-4-15(24)10-27-20/h4-7,9-12,14,29H,2-3,8,13H2,1H3,(H,30,34)(H,27,31,33). The maximum Gasteiger partial charge on any atom is 0.275 e. The summed E-state index contributed by atoms with van der Waals surface area (Å²) in [6.07, 6.45) is 6.39. The van der Waals surface area contributed by atoms with Crippen LogP contribution in [0.5, 0.6) is 0 Å². The van der Waals surface area contributed by atoms with Gasteiger partial charge in [0, 0.05) is 18.8 Å². The van der Waals surface area contributed by atoms with Crippen LogP contribution in [0.2, 0.25) is 5.02 Å². The van der Waals surface area contributed by atoms with Crippen molar-refractivity contribution in [3.8, 4) is 0 Å². The zero-order chi connectivity index (χ0) is 24.1. The predicted octanol–water partition coefficient (Wildman–Crippen LogP) is 3.70. The van der Waals surface area contributed by atoms with E-state index in [2.05, 4.69) is 42.7 Å². The lowest BCUT2D eigenvalue weighted by Gasteiger charge is -2.21. The molecular weight excluding hydrogens is 461 g/mol. The molecule has 1 saturated heterocycles. The zero-order valence-corrected chi connectivity index (χ0v) is 19.1. The van der Waals surface area contributed by atoms with E-state index in [-0.39, 0.29) is 22.8 Å². The zero-order valence-electron chi connectivity index (χ0n) is 18.4. The molecule has 0 saturated carbocycles. The van der Waals surface area contributed by atoms with Crippen LogP contribution < -0.4 is 20.9 Å². The monoisotopic (exact) mass is 483 g/mol. The molecule has 1 aliphatic heterocycles. The van der Waals surface area contributed by atoms with Gasteiger partial charge in [0.1, 0.15) is 23.1 Å². The van der Waals surface area contributed by atoms with Crippen LogP contribution in [0.4, 0.5) is 21.7 Å². The van der Waals surface area contributed by atoms with Crippen LogP contribution in [-0.4, -0.2) is 46.0 Å². The van der Waals surface area contributed by atoms with Gasteiger partial charge in [-0.2, -0.15) is 0 Å². The first-order valence-corrected chi connectivity index (χ1v) is 11.1. The first kappa shape index (κ1) is 23.5. The van der Waals surface area contributed by atoms with Crippen molar-refractivity contribution < 1.29 is 14.0 Å². The number of aromatic nitrogens is 3. The van der Waals surface area contributed by atoms with Crippen LogP contribution in [-0.2, 0) is 0 Å². The number of amides is 2. The number of carbonyl (C=O) groups excluding carboxylic acids is 2. The lowest BCUT2D eigenvalue weighted by molar-refractivity contribution is 0.102. The Morgan fingerprint density at radius 2 is 1.94 bits per heavy atom. The number of pyridine rings is 1. The Hall–Kier alpha value is -3.63. The lowest BCUT2D eigenvalue weighted by atomic mass is 10.1. The second kappa shape index (κ2) is 10.5. The summed E-state index contributed by atoms with van der Waals surface area (Å²) in [5.74, 6) is -0.956. The van der Waals surface area contributed by atoms with Crippen LogP contribution in [0.3, 0.4) is 0 Å². The number of hydrogen-bond donors (Lipinski definition) is 3. The number of nitrogens with zero attached hydrogens (tertiary/aromatic N) is 4. The number of hydrogen-bond acceptors (Lipinski definition) is 7. The molecule has 0 bridgehead atoms. The van der Waals surface area contributed by atoms with Crippen LogP contribution >= 0.6 is 11.6 Å². The van der Waals surface area contributed by atoms with Crippen LogP contribution in [0, 0.1) is 5.82 Å². The average Bonchev–Trinajstić information content (AvgIpc) is 3.06. The maximum atomic E-state index is 13.9. The number of anilines is 3. The Balaban J connectivity index is 1.47. The van der Waals surface area contributed by atoms with E-state index in [0.717, 1.165) is 31.5 Å². The summed E-state index contributed by atoms with van der Waals surface area (Å²) in [4.78, 5) is 40.1. The van der Waals surface area contributed by atoms with Crippen molar-refractivity contribution in [3.05, 3.63) is 71.0 Å². The fourth-order valence-corrected chi connectivity index (χ4v) is 3.58. The van der Waals surface area contributed by atoms with Gasteiger partial charge in [0.15, 0.2) is 0 Å². The molecule has 2 amide bonds. The van der Waals surface area contributed by atoms with Crippen LogP contribution in [0.15, 0.2) is 48.9 Å². The van der Waals surface area contributed by atoms with E-state index in [1.54, 1.807) is 6.07 Å². The predicted molar refractivity (Wildman–Crippen MR) is 128 cm³/mol. The second-order valence-corrected chi connectivity index (χ2v) is 8.33. The van der Waals surface area contributed by atoms with E-state index in [0.29, 0.717) is 23.6 Å². The number of carbonyl (C=O) groups is 2. The van der Waals surface area contributed by atoms with Gasteiger partial charge in [0.25, 0.3) is 11.8 Å². The molecule has 0 radical (unpaired) electrons. The Morgan fingerprint density at radius 3 is 2.68 bits per heavy atom. The highest BCUT2D eigenvalue weighted by molar-refractivity contribution is 6.30. The highest BCUT2D eigenvalue weighted by Crippen LogP contribution is 2.20. The molecule has 176 valence electrons. The highest BCUT2D eigenvalue weighted by atomic mass is 35.5. The quantitative estimate of drug-likeness (QED) is 0.507. The fourth-order valence-electron chi connectivity index (χ4n) is 3.47. The number of halogens is 2. The molecular formula is C23H23ClFN7O2. The molecule has 34 heavy (non-hydrogen) atoms. The van der Waals surface area contributed by atoms with Crippen molar-refractivity contribution in [2.24, 2.45) is 0 Å². The minimum Gasteiger partial charge on any atom is -0.343 e. The summed E-state index contributed by atoms with van der Waals surface area (Å²) >= 11 is 5.80. The SMILES string of the molecule is CC1CCCN(c2cnc(C(=O)Nc3ccc(F)cc3C(=O)Nc3ccc(Cl)cn3)cn2)CN1. The molecule has 3 aromatic rings. The smallest absolute Gasteiger partial charge is 0.275 e. The topological polar surface area (TPSA) is 112 Å². The van der Waals surface area contributed by atoms with E-state index in [1.165, 1.54) is 30.7 Å². The van der Waals surface area contributed by atoms with Crippen molar-refractivity contribution >= 4 is 40.7 Å². The van der Waals surface area contributed by atoms with E-state index < -0.39 is 17.6 Å². The van der Waals surface area contributed by atoms with Gasteiger partial charge in [-0.3, -0.25) is 14.9 Å². The molecule has 3 N–H and O–H groups in total. The van der Waals surface area contributed by atoms with Gasteiger partial charge in [0.05, 0.1) is 35.3 Å². The maximum absolute atomic E-state index is 13.9. The summed E-state index contributed by atoms with van der Waals surface area (Å²) in [7, 11) is 0. The number of benzene rings is 1. The van der Waals surface area contributed by atoms with Crippen LogP contribution in [0.1, 0.15) is 40.6 Å². The summed E-state index contributed by atoms with van der Waals surface area (Å²) in [6.45, 7) is 3.63. The van der Waals surface area contributed by atoms with Gasteiger partial charge in [-0.25, -0.2) is 19.3 Å². The summed E-state index contributed by atoms with van der Waals surface area (Å²) < 4.78 is 13.9. The summed E-state index contributed by atoms with van der Waals surface area (Å²) in [6, 6.07) is 6.99. The normalized spacial score (nSPS) is 16.0. The molecule has 1 atom stereocenters. The van der Waals surface area contributed by atoms with Crippen molar-refractivity contribution in [2.75, 3.05) is 28.7 Å². The Bertz CT molecular complexity index is 1170. The summed E-state index contributed by atoms with van der Waals surface area (Å²) in [5.41, 5.74) is 0.115. The Kier molecular flexibility index (Phi) is 7.29. The van der Waals surface area contributed by atoms with E-state index in [9.17, 15) is 14.0 Å². The van der Waals surface area contributed by atoms with Crippen molar-refractivity contribution in [1.29, 1.82) is 0 Å². The minimum absolute atomic E-state index is 0.0648. The molecule has 1 aliphatic rings. The summed E-state index contributed by atoms with van der Waals surface area (Å²) in [5, 5.41) is 8.97. The Morgan fingerprint density at radius 1 is 1.09 bits per heavy atom. The van der Waals surface area contributed by atoms with Gasteiger partial charge in [-0.1, -0.05) is 11.6 Å². The van der Waals surface area contributed by atoms with Gasteiger partial charge in [-0.05, 0) is 50.1 Å². The highest BCUT2D eigenvalue weighted by Gasteiger charge is 2.19. The van der Waals surface area contributed by atoms with Crippen LogP contribution in [0.25, 0.3) is 0 Å². The third-order valence-electron chi connectivity index (χ3n) is 5.33. The lowest BCUT2D eigenvalue weighted by Crippen LogP contribution is -2.36. The average molecular weight is 484 g/mol. The van der Waals surface area contributed by atoms with Gasteiger partial charge in [0.2, 0.25) is 0 Å². The fraction of sp³-hybridized carbons (Fsp3) is 0.261. The Labute approximate surface area is 200 Å². The van der Waals surface area contributed by atoms with Crippen molar-refractivity contribution in [3.63, 3.8) is 0 Å². The number of rotatable bonds is 5. The van der Waals surface area contributed by atoms with Gasteiger partial charge in [-0.15, -0.1) is 0 Å². The molecule has 4 rings (SSSR count). The molecule has 1 fully saturated rings. The van der Waals surface area contributed by atoms with Crippen molar-refractivity contribution in [2.45, 2.75) is 25.8 Å². The molecule has 1 aromatic carbocycles. The van der Waals surface area contributed by atoms with E-state index in [4.69, 9.17) is 11.6 Å². The molecule has 11 heteroatoms. The third-order valence-corrected chi connectivity index (χ3v) is 5.56. The van der Waals surface area contributed by atoms with E-state index >= 15 is 0 Å². The second-order valence-electron chi connectivity index (χ2n) is 7.89. The van der Waals surface area contributed by atoms with Crippen molar-refractivity contribution in [1.82, 2.24) is 20.3 Å². The first-order chi connectivity index (χ1) is 16.4. The minimum atomic E-state index is -0.644. The van der Waals surface area contributed by atoms with E-state index in [1.807, 2.05) is 0 Å². The largest absolute Gasteiger partial charge is 0.343 e. The van der Waals surface area contributed by atoms with Gasteiger partial charge < -0.3 is 15.5 Å². The molecule has 3 heterocycles. The third kappa shape index (κ3) is 5.83. The molecule has 0 aliphatic carbocycles. The molecule has 0 spiro atoms. The first-order valence-electron chi connectivity index (χ1n) is 10.7. The molecule has 9 nitrogen and oxygen atoms in total. The number of nitrogens with one attached hydrogen (secondary N) is 3. The van der Waals surface area contributed by atoms with Gasteiger partial charge >= 0.3 is 0 Å². The molecule has 2 aromatic heterocycles. The molecule has 1 unspecified atom stereocenters.